The fourth-order valence-corrected chi connectivity index (χ4v) is 1.71. The Balaban J connectivity index is 2.82. The largest absolute Gasteiger partial charge is 0.295 e. The molecular weight excluding hydrogens is 260 g/mol. The zero-order chi connectivity index (χ0) is 11.2. The smallest absolute Gasteiger partial charge is 0.282 e. The van der Waals surface area contributed by atoms with Gasteiger partial charge in [-0.3, -0.25) is 9.89 Å². The Morgan fingerprint density at radius 1 is 1.40 bits per heavy atom. The predicted octanol–water partition coefficient (Wildman–Crippen LogP) is 1.48. The summed E-state index contributed by atoms with van der Waals surface area (Å²) in [6.45, 7) is 5.80. The van der Waals surface area contributed by atoms with Crippen LogP contribution in [-0.4, -0.2) is 19.8 Å². The highest BCUT2D eigenvalue weighted by molar-refractivity contribution is 9.10. The van der Waals surface area contributed by atoms with Crippen LogP contribution < -0.4 is 5.56 Å². The molecule has 2 aromatic heterocycles. The van der Waals surface area contributed by atoms with E-state index in [2.05, 4.69) is 31.2 Å². The molecule has 0 saturated heterocycles. The lowest BCUT2D eigenvalue weighted by Crippen LogP contribution is -2.30. The standard InChI is InChI=1S/C9H11BrN4O/c1-9(2,3)7-8(15)14-6(11-12-7)4-5(10)13-14/h4,13H,1-3H3. The molecular formula is C9H11BrN4O. The number of aromatic amines is 1. The van der Waals surface area contributed by atoms with Crippen LogP contribution in [0, 0.1) is 0 Å². The van der Waals surface area contributed by atoms with Crippen LogP contribution >= 0.6 is 15.9 Å². The molecule has 2 heterocycles. The van der Waals surface area contributed by atoms with Gasteiger partial charge in [0, 0.05) is 11.5 Å². The first-order valence-corrected chi connectivity index (χ1v) is 5.33. The number of hydrogen-bond donors (Lipinski definition) is 1. The fourth-order valence-electron chi connectivity index (χ4n) is 1.32. The van der Waals surface area contributed by atoms with Crippen LogP contribution in [0.15, 0.2) is 15.5 Å². The molecule has 0 unspecified atom stereocenters. The maximum absolute atomic E-state index is 12.0. The molecule has 2 rings (SSSR count). The average Bonchev–Trinajstić information content (AvgIpc) is 2.44. The van der Waals surface area contributed by atoms with Gasteiger partial charge in [-0.05, 0) is 15.9 Å². The summed E-state index contributed by atoms with van der Waals surface area (Å²) in [5, 5.41) is 10.8. The van der Waals surface area contributed by atoms with Crippen molar-refractivity contribution in [1.82, 2.24) is 19.8 Å². The summed E-state index contributed by atoms with van der Waals surface area (Å²) in [4.78, 5) is 12.0. The van der Waals surface area contributed by atoms with Crippen LogP contribution in [-0.2, 0) is 5.41 Å². The molecule has 2 aromatic rings. The van der Waals surface area contributed by atoms with E-state index < -0.39 is 0 Å². The Hall–Kier alpha value is -1.17. The van der Waals surface area contributed by atoms with Gasteiger partial charge in [0.25, 0.3) is 5.56 Å². The maximum Gasteiger partial charge on any atom is 0.295 e. The minimum absolute atomic E-state index is 0.154. The van der Waals surface area contributed by atoms with E-state index in [-0.39, 0.29) is 11.0 Å². The first-order valence-electron chi connectivity index (χ1n) is 4.54. The van der Waals surface area contributed by atoms with Crippen LogP contribution in [0.1, 0.15) is 26.5 Å². The van der Waals surface area contributed by atoms with Gasteiger partial charge in [0.05, 0.1) is 0 Å². The molecule has 0 atom stereocenters. The number of halogens is 1. The quantitative estimate of drug-likeness (QED) is 0.789. The van der Waals surface area contributed by atoms with Gasteiger partial charge >= 0.3 is 0 Å². The number of H-pyrrole nitrogens is 1. The first kappa shape index (κ1) is 10.4. The Morgan fingerprint density at radius 3 is 2.67 bits per heavy atom. The summed E-state index contributed by atoms with van der Waals surface area (Å²) in [6, 6.07) is 1.71. The highest BCUT2D eigenvalue weighted by Crippen LogP contribution is 2.16. The summed E-state index contributed by atoms with van der Waals surface area (Å²) >= 11 is 3.25. The number of fused-ring (bicyclic) bond motifs is 1. The van der Waals surface area contributed by atoms with Crippen molar-refractivity contribution in [2.45, 2.75) is 26.2 Å². The molecule has 0 amide bonds. The average molecular weight is 271 g/mol. The van der Waals surface area contributed by atoms with Crippen molar-refractivity contribution in [3.63, 3.8) is 0 Å². The van der Waals surface area contributed by atoms with Crippen LogP contribution in [0.5, 0.6) is 0 Å². The number of nitrogens with zero attached hydrogens (tertiary/aromatic N) is 3. The second kappa shape index (κ2) is 3.16. The normalized spacial score (nSPS) is 12.3. The van der Waals surface area contributed by atoms with Gasteiger partial charge in [0.2, 0.25) is 0 Å². The van der Waals surface area contributed by atoms with Crippen molar-refractivity contribution in [1.29, 1.82) is 0 Å². The van der Waals surface area contributed by atoms with Crippen LogP contribution in [0.3, 0.4) is 0 Å². The van der Waals surface area contributed by atoms with E-state index in [4.69, 9.17) is 0 Å². The van der Waals surface area contributed by atoms with Crippen LogP contribution in [0.4, 0.5) is 0 Å². The minimum atomic E-state index is -0.303. The molecule has 0 bridgehead atoms. The van der Waals surface area contributed by atoms with Gasteiger partial charge in [-0.1, -0.05) is 20.8 Å². The van der Waals surface area contributed by atoms with Gasteiger partial charge in [-0.25, -0.2) is 0 Å². The predicted molar refractivity (Wildman–Crippen MR) is 60.0 cm³/mol. The Kier molecular flexibility index (Phi) is 2.18. The molecule has 1 N–H and O–H groups in total. The highest BCUT2D eigenvalue weighted by atomic mass is 79.9. The van der Waals surface area contributed by atoms with Crippen LogP contribution in [0.25, 0.3) is 5.65 Å². The summed E-state index contributed by atoms with van der Waals surface area (Å²) in [5.74, 6) is 0. The van der Waals surface area contributed by atoms with E-state index in [1.807, 2.05) is 20.8 Å². The third kappa shape index (κ3) is 1.69. The van der Waals surface area contributed by atoms with E-state index >= 15 is 0 Å². The number of aromatic nitrogens is 4. The van der Waals surface area contributed by atoms with Crippen molar-refractivity contribution in [3.8, 4) is 0 Å². The molecule has 15 heavy (non-hydrogen) atoms. The van der Waals surface area contributed by atoms with E-state index in [0.717, 1.165) is 0 Å². The third-order valence-electron chi connectivity index (χ3n) is 2.07. The summed E-state index contributed by atoms with van der Waals surface area (Å²) in [7, 11) is 0. The molecule has 5 nitrogen and oxygen atoms in total. The van der Waals surface area contributed by atoms with Gasteiger partial charge in [0.1, 0.15) is 10.3 Å². The van der Waals surface area contributed by atoms with E-state index in [1.165, 1.54) is 4.52 Å². The molecule has 0 aliphatic rings. The van der Waals surface area contributed by atoms with Gasteiger partial charge in [-0.2, -0.15) is 4.52 Å². The summed E-state index contributed by atoms with van der Waals surface area (Å²) in [5.41, 5.74) is 0.510. The van der Waals surface area contributed by atoms with E-state index in [0.29, 0.717) is 15.9 Å². The molecule has 0 radical (unpaired) electrons. The Bertz CT molecular complexity index is 563. The van der Waals surface area contributed by atoms with Crippen molar-refractivity contribution in [2.24, 2.45) is 0 Å². The minimum Gasteiger partial charge on any atom is -0.282 e. The second-order valence-electron chi connectivity index (χ2n) is 4.40. The van der Waals surface area contributed by atoms with Crippen molar-refractivity contribution >= 4 is 21.6 Å². The molecule has 6 heteroatoms. The van der Waals surface area contributed by atoms with Gasteiger partial charge < -0.3 is 0 Å². The third-order valence-corrected chi connectivity index (χ3v) is 2.48. The van der Waals surface area contributed by atoms with Crippen molar-refractivity contribution < 1.29 is 0 Å². The molecule has 0 aromatic carbocycles. The van der Waals surface area contributed by atoms with E-state index in [9.17, 15) is 4.79 Å². The van der Waals surface area contributed by atoms with Crippen LogP contribution in [0.2, 0.25) is 0 Å². The molecule has 0 aliphatic carbocycles. The molecule has 0 aliphatic heterocycles. The lowest BCUT2D eigenvalue weighted by molar-refractivity contribution is 0.542. The Morgan fingerprint density at radius 2 is 2.07 bits per heavy atom. The molecule has 0 saturated carbocycles. The maximum atomic E-state index is 12.0. The van der Waals surface area contributed by atoms with E-state index in [1.54, 1.807) is 6.07 Å². The summed E-state index contributed by atoms with van der Waals surface area (Å²) < 4.78 is 2.09. The Labute approximate surface area is 94.6 Å². The zero-order valence-corrected chi connectivity index (χ0v) is 10.3. The highest BCUT2D eigenvalue weighted by Gasteiger charge is 2.22. The van der Waals surface area contributed by atoms with Gasteiger partial charge in [0.15, 0.2) is 5.65 Å². The molecule has 0 fully saturated rings. The number of rotatable bonds is 0. The summed E-state index contributed by atoms with van der Waals surface area (Å²) in [6.07, 6.45) is 0. The van der Waals surface area contributed by atoms with Gasteiger partial charge in [-0.15, -0.1) is 10.2 Å². The van der Waals surface area contributed by atoms with Crippen molar-refractivity contribution in [3.05, 3.63) is 26.7 Å². The monoisotopic (exact) mass is 270 g/mol. The molecule has 80 valence electrons. The first-order chi connectivity index (χ1) is 6.89. The number of nitrogens with one attached hydrogen (secondary N) is 1. The lowest BCUT2D eigenvalue weighted by atomic mass is 9.93. The van der Waals surface area contributed by atoms with Crippen molar-refractivity contribution in [2.75, 3.05) is 0 Å². The fraction of sp³-hybridized carbons (Fsp3) is 0.444. The topological polar surface area (TPSA) is 63.1 Å². The zero-order valence-electron chi connectivity index (χ0n) is 8.71. The second-order valence-corrected chi connectivity index (χ2v) is 5.26. The SMILES string of the molecule is CC(C)(C)c1nnc2cc(Br)[nH]n2c1=O. The number of hydrogen-bond acceptors (Lipinski definition) is 3. The lowest BCUT2D eigenvalue weighted by Gasteiger charge is -2.14. The molecule has 0 spiro atoms.